The second kappa shape index (κ2) is 10.2. The lowest BCUT2D eigenvalue weighted by molar-refractivity contribution is -0.119. The highest BCUT2D eigenvalue weighted by Gasteiger charge is 2.11. The molecule has 0 saturated carbocycles. The van der Waals surface area contributed by atoms with Crippen molar-refractivity contribution in [3.63, 3.8) is 0 Å². The van der Waals surface area contributed by atoms with Crippen LogP contribution in [0.25, 0.3) is 0 Å². The lowest BCUT2D eigenvalue weighted by Gasteiger charge is -2.26. The van der Waals surface area contributed by atoms with Gasteiger partial charge in [-0.25, -0.2) is 0 Å². The van der Waals surface area contributed by atoms with Gasteiger partial charge in [0, 0.05) is 26.1 Å². The molecule has 1 aliphatic heterocycles. The minimum absolute atomic E-state index is 0.0646. The third kappa shape index (κ3) is 7.25. The third-order valence-corrected chi connectivity index (χ3v) is 3.74. The molecular formula is C13H26N4O2S. The van der Waals surface area contributed by atoms with Crippen molar-refractivity contribution in [3.8, 4) is 0 Å². The summed E-state index contributed by atoms with van der Waals surface area (Å²) in [5.41, 5.74) is 11.0. The van der Waals surface area contributed by atoms with E-state index in [0.29, 0.717) is 11.4 Å². The Kier molecular flexibility index (Phi) is 8.88. The molecular weight excluding hydrogens is 276 g/mol. The van der Waals surface area contributed by atoms with E-state index >= 15 is 0 Å². The van der Waals surface area contributed by atoms with Crippen LogP contribution in [0.15, 0.2) is 0 Å². The Morgan fingerprint density at radius 3 is 2.65 bits per heavy atom. The highest BCUT2D eigenvalue weighted by atomic mass is 32.1. The Hall–Kier alpha value is -0.600. The van der Waals surface area contributed by atoms with Crippen molar-refractivity contribution in [2.45, 2.75) is 31.7 Å². The second-order valence-electron chi connectivity index (χ2n) is 5.02. The average molecular weight is 302 g/mol. The predicted octanol–water partition coefficient (Wildman–Crippen LogP) is -0.391. The second-order valence-corrected chi connectivity index (χ2v) is 5.46. The summed E-state index contributed by atoms with van der Waals surface area (Å²) in [5.74, 6) is -0.0646. The van der Waals surface area contributed by atoms with Gasteiger partial charge < -0.3 is 21.5 Å². The molecule has 0 aromatic heterocycles. The standard InChI is InChI=1S/C13H26N4O2S/c14-10-11(15)13(20)16-12(18)4-2-1-3-5-17-6-8-19-9-7-17/h11H,1-10,14-15H2,(H,16,18,20). The lowest BCUT2D eigenvalue weighted by Crippen LogP contribution is -2.46. The number of unbranched alkanes of at least 4 members (excludes halogenated alkanes) is 2. The van der Waals surface area contributed by atoms with Gasteiger partial charge in [0.15, 0.2) is 0 Å². The number of morpholine rings is 1. The van der Waals surface area contributed by atoms with Gasteiger partial charge >= 0.3 is 0 Å². The van der Waals surface area contributed by atoms with Crippen LogP contribution >= 0.6 is 12.2 Å². The summed E-state index contributed by atoms with van der Waals surface area (Å²) >= 11 is 4.98. The van der Waals surface area contributed by atoms with Crippen molar-refractivity contribution in [1.29, 1.82) is 0 Å². The normalized spacial score (nSPS) is 17.7. The third-order valence-electron chi connectivity index (χ3n) is 3.34. The van der Waals surface area contributed by atoms with E-state index in [4.69, 9.17) is 28.4 Å². The molecule has 1 rings (SSSR count). The van der Waals surface area contributed by atoms with Crippen molar-refractivity contribution in [2.24, 2.45) is 11.5 Å². The summed E-state index contributed by atoms with van der Waals surface area (Å²) in [6.07, 6.45) is 3.51. The van der Waals surface area contributed by atoms with E-state index in [9.17, 15) is 4.79 Å². The zero-order valence-electron chi connectivity index (χ0n) is 12.0. The van der Waals surface area contributed by atoms with Gasteiger partial charge in [-0.05, 0) is 19.4 Å². The summed E-state index contributed by atoms with van der Waals surface area (Å²) in [4.78, 5) is 14.4. The van der Waals surface area contributed by atoms with Crippen LogP contribution < -0.4 is 16.8 Å². The molecule has 0 aromatic carbocycles. The Labute approximate surface area is 126 Å². The van der Waals surface area contributed by atoms with Crippen LogP contribution in [0, 0.1) is 0 Å². The molecule has 0 aliphatic carbocycles. The Morgan fingerprint density at radius 1 is 1.30 bits per heavy atom. The largest absolute Gasteiger partial charge is 0.379 e. The SMILES string of the molecule is NCC(N)C(=S)NC(=O)CCCCCN1CCOCC1. The maximum absolute atomic E-state index is 11.6. The molecule has 1 unspecified atom stereocenters. The first-order chi connectivity index (χ1) is 9.63. The fraction of sp³-hybridized carbons (Fsp3) is 0.846. The first-order valence-corrected chi connectivity index (χ1v) is 7.63. The van der Waals surface area contributed by atoms with Crippen LogP contribution in [0.5, 0.6) is 0 Å². The predicted molar refractivity (Wildman–Crippen MR) is 83.5 cm³/mol. The molecule has 6 nitrogen and oxygen atoms in total. The molecule has 0 bridgehead atoms. The summed E-state index contributed by atoms with van der Waals surface area (Å²) in [6.45, 7) is 5.04. The van der Waals surface area contributed by atoms with Crippen LogP contribution in [0.1, 0.15) is 25.7 Å². The summed E-state index contributed by atoms with van der Waals surface area (Å²) < 4.78 is 5.30. The molecule has 116 valence electrons. The molecule has 0 spiro atoms. The number of thiocarbonyl (C=S) groups is 1. The topological polar surface area (TPSA) is 93.6 Å². The first-order valence-electron chi connectivity index (χ1n) is 7.23. The molecule has 5 N–H and O–H groups in total. The van der Waals surface area contributed by atoms with E-state index in [-0.39, 0.29) is 12.5 Å². The molecule has 1 heterocycles. The van der Waals surface area contributed by atoms with Gasteiger partial charge in [-0.2, -0.15) is 0 Å². The van der Waals surface area contributed by atoms with Crippen LogP contribution in [-0.4, -0.2) is 61.2 Å². The fourth-order valence-electron chi connectivity index (χ4n) is 2.02. The van der Waals surface area contributed by atoms with Crippen LogP contribution in [0.4, 0.5) is 0 Å². The van der Waals surface area contributed by atoms with Crippen molar-refractivity contribution >= 4 is 23.1 Å². The number of carbonyl (C=O) groups excluding carboxylic acids is 1. The molecule has 0 radical (unpaired) electrons. The number of carbonyl (C=O) groups is 1. The van der Waals surface area contributed by atoms with Crippen molar-refractivity contribution < 1.29 is 9.53 Å². The van der Waals surface area contributed by atoms with Gasteiger partial charge in [-0.15, -0.1) is 0 Å². The van der Waals surface area contributed by atoms with E-state index in [1.54, 1.807) is 0 Å². The number of nitrogens with two attached hydrogens (primary N) is 2. The molecule has 7 heteroatoms. The zero-order chi connectivity index (χ0) is 14.8. The van der Waals surface area contributed by atoms with Gasteiger partial charge in [0.1, 0.15) is 4.99 Å². The lowest BCUT2D eigenvalue weighted by atomic mass is 10.1. The number of amides is 1. The van der Waals surface area contributed by atoms with E-state index in [0.717, 1.165) is 52.1 Å². The quantitative estimate of drug-likeness (QED) is 0.418. The van der Waals surface area contributed by atoms with Crippen molar-refractivity contribution in [2.75, 3.05) is 39.4 Å². The number of nitrogens with one attached hydrogen (secondary N) is 1. The summed E-state index contributed by atoms with van der Waals surface area (Å²) in [5, 5.41) is 2.63. The van der Waals surface area contributed by atoms with Gasteiger partial charge in [-0.1, -0.05) is 18.6 Å². The van der Waals surface area contributed by atoms with E-state index in [2.05, 4.69) is 10.2 Å². The highest BCUT2D eigenvalue weighted by Crippen LogP contribution is 2.04. The molecule has 1 atom stereocenters. The number of hydrogen-bond acceptors (Lipinski definition) is 6. The summed E-state index contributed by atoms with van der Waals surface area (Å²) in [6, 6.07) is -0.435. The van der Waals surface area contributed by atoms with E-state index in [1.807, 2.05) is 0 Å². The van der Waals surface area contributed by atoms with Gasteiger partial charge in [0.2, 0.25) is 5.91 Å². The van der Waals surface area contributed by atoms with Crippen LogP contribution in [-0.2, 0) is 9.53 Å². The smallest absolute Gasteiger partial charge is 0.224 e. The molecule has 1 saturated heterocycles. The monoisotopic (exact) mass is 302 g/mol. The van der Waals surface area contributed by atoms with Crippen LogP contribution in [0.2, 0.25) is 0 Å². The Bertz CT molecular complexity index is 309. The number of nitrogens with zero attached hydrogens (tertiary/aromatic N) is 1. The Morgan fingerprint density at radius 2 is 2.00 bits per heavy atom. The average Bonchev–Trinajstić information content (AvgIpc) is 2.47. The first kappa shape index (κ1) is 17.5. The minimum atomic E-state index is -0.435. The molecule has 1 aliphatic rings. The number of hydrogen-bond donors (Lipinski definition) is 3. The minimum Gasteiger partial charge on any atom is -0.379 e. The van der Waals surface area contributed by atoms with Crippen LogP contribution in [0.3, 0.4) is 0 Å². The van der Waals surface area contributed by atoms with E-state index in [1.165, 1.54) is 0 Å². The zero-order valence-corrected chi connectivity index (χ0v) is 12.8. The maximum Gasteiger partial charge on any atom is 0.224 e. The van der Waals surface area contributed by atoms with Gasteiger partial charge in [-0.3, -0.25) is 9.69 Å². The fourth-order valence-corrected chi connectivity index (χ4v) is 2.23. The summed E-state index contributed by atoms with van der Waals surface area (Å²) in [7, 11) is 0. The molecule has 0 aromatic rings. The highest BCUT2D eigenvalue weighted by molar-refractivity contribution is 7.80. The van der Waals surface area contributed by atoms with Gasteiger partial charge in [0.25, 0.3) is 0 Å². The van der Waals surface area contributed by atoms with Crippen molar-refractivity contribution in [1.82, 2.24) is 10.2 Å². The Balaban J connectivity index is 2.00. The number of ether oxygens (including phenoxy) is 1. The molecule has 20 heavy (non-hydrogen) atoms. The molecule has 1 amide bonds. The van der Waals surface area contributed by atoms with Gasteiger partial charge in [0.05, 0.1) is 19.3 Å². The molecule has 1 fully saturated rings. The van der Waals surface area contributed by atoms with Crippen molar-refractivity contribution in [3.05, 3.63) is 0 Å². The maximum atomic E-state index is 11.6. The van der Waals surface area contributed by atoms with E-state index < -0.39 is 6.04 Å². The number of rotatable bonds is 8.